The molecule has 0 radical (unpaired) electrons. The maximum Gasteiger partial charge on any atom is 0.311 e. The summed E-state index contributed by atoms with van der Waals surface area (Å²) in [5, 5.41) is 24.2. The van der Waals surface area contributed by atoms with E-state index >= 15 is 0 Å². The monoisotopic (exact) mass is 294 g/mol. The largest absolute Gasteiger partial charge is 0.481 e. The second kappa shape index (κ2) is 7.38. The Hall–Kier alpha value is -1.66. The van der Waals surface area contributed by atoms with Crippen LogP contribution in [0.3, 0.4) is 0 Å². The highest BCUT2D eigenvalue weighted by Crippen LogP contribution is 2.31. The number of nitro groups is 1. The molecule has 6 nitrogen and oxygen atoms in total. The number of hydrogen-bond donors (Lipinski definition) is 2. The normalized spacial score (nSPS) is 22.6. The van der Waals surface area contributed by atoms with E-state index in [1.54, 1.807) is 13.1 Å². The van der Waals surface area contributed by atoms with E-state index in [1.807, 2.05) is 6.07 Å². The molecule has 1 saturated carbocycles. The quantitative estimate of drug-likeness (QED) is 0.495. The molecule has 0 heterocycles. The van der Waals surface area contributed by atoms with Gasteiger partial charge >= 0.3 is 5.69 Å². The van der Waals surface area contributed by atoms with Gasteiger partial charge in [0.1, 0.15) is 6.10 Å². The van der Waals surface area contributed by atoms with Gasteiger partial charge in [0, 0.05) is 12.6 Å². The van der Waals surface area contributed by atoms with E-state index in [9.17, 15) is 15.2 Å². The van der Waals surface area contributed by atoms with Crippen LogP contribution in [0.2, 0.25) is 0 Å². The predicted octanol–water partition coefficient (Wildman–Crippen LogP) is 2.39. The Kier molecular flexibility index (Phi) is 5.52. The van der Waals surface area contributed by atoms with E-state index in [0.717, 1.165) is 31.2 Å². The van der Waals surface area contributed by atoms with Crippen molar-refractivity contribution in [2.45, 2.75) is 50.9 Å². The van der Waals surface area contributed by atoms with Crippen LogP contribution in [0.25, 0.3) is 0 Å². The zero-order valence-electron chi connectivity index (χ0n) is 12.2. The summed E-state index contributed by atoms with van der Waals surface area (Å²) >= 11 is 0. The van der Waals surface area contributed by atoms with Crippen LogP contribution in [0, 0.1) is 10.1 Å². The van der Waals surface area contributed by atoms with Crippen molar-refractivity contribution in [3.63, 3.8) is 0 Å². The molecule has 1 aromatic rings. The van der Waals surface area contributed by atoms with E-state index in [2.05, 4.69) is 5.32 Å². The lowest BCUT2D eigenvalue weighted by molar-refractivity contribution is -0.386. The molecule has 0 aromatic heterocycles. The van der Waals surface area contributed by atoms with Gasteiger partial charge in [-0.25, -0.2) is 0 Å². The molecule has 21 heavy (non-hydrogen) atoms. The van der Waals surface area contributed by atoms with Crippen LogP contribution in [0.1, 0.15) is 37.7 Å². The Bertz CT molecular complexity index is 493. The molecule has 0 saturated heterocycles. The molecular weight excluding hydrogens is 272 g/mol. The molecule has 1 aromatic carbocycles. The summed E-state index contributed by atoms with van der Waals surface area (Å²) < 4.78 is 5.76. The minimum Gasteiger partial charge on any atom is -0.481 e. The molecule has 0 aliphatic heterocycles. The SMILES string of the molecule is CNCc1ccc(OC2CCCCCC2O)c([N+](=O)[O-])c1. The smallest absolute Gasteiger partial charge is 0.311 e. The fourth-order valence-corrected chi connectivity index (χ4v) is 2.67. The van der Waals surface area contributed by atoms with Crippen LogP contribution in [-0.4, -0.2) is 29.3 Å². The van der Waals surface area contributed by atoms with E-state index in [0.29, 0.717) is 13.0 Å². The minimum absolute atomic E-state index is 0.0424. The first kappa shape index (κ1) is 15.7. The van der Waals surface area contributed by atoms with Crippen molar-refractivity contribution in [2.75, 3.05) is 7.05 Å². The summed E-state index contributed by atoms with van der Waals surface area (Å²) in [6, 6.07) is 4.96. The van der Waals surface area contributed by atoms with Gasteiger partial charge in [-0.3, -0.25) is 10.1 Å². The van der Waals surface area contributed by atoms with Gasteiger partial charge < -0.3 is 15.2 Å². The number of benzene rings is 1. The topological polar surface area (TPSA) is 84.6 Å². The first-order chi connectivity index (χ1) is 10.1. The number of aliphatic hydroxyl groups is 1. The molecule has 0 spiro atoms. The van der Waals surface area contributed by atoms with Crippen molar-refractivity contribution in [3.8, 4) is 5.75 Å². The highest BCUT2D eigenvalue weighted by Gasteiger charge is 2.26. The molecule has 2 rings (SSSR count). The van der Waals surface area contributed by atoms with Crippen molar-refractivity contribution in [1.82, 2.24) is 5.32 Å². The summed E-state index contributed by atoms with van der Waals surface area (Å²) in [4.78, 5) is 10.8. The average Bonchev–Trinajstić information content (AvgIpc) is 2.66. The maximum absolute atomic E-state index is 11.2. The zero-order chi connectivity index (χ0) is 15.2. The van der Waals surface area contributed by atoms with E-state index in [-0.39, 0.29) is 17.5 Å². The molecule has 2 atom stereocenters. The average molecular weight is 294 g/mol. The third-order valence-electron chi connectivity index (χ3n) is 3.80. The molecule has 6 heteroatoms. The van der Waals surface area contributed by atoms with E-state index in [1.165, 1.54) is 6.07 Å². The van der Waals surface area contributed by atoms with Crippen LogP contribution in [0.4, 0.5) is 5.69 Å². The van der Waals surface area contributed by atoms with Crippen molar-refractivity contribution < 1.29 is 14.8 Å². The number of nitrogens with zero attached hydrogens (tertiary/aromatic N) is 1. The lowest BCUT2D eigenvalue weighted by Crippen LogP contribution is -2.30. The Morgan fingerprint density at radius 3 is 2.86 bits per heavy atom. The van der Waals surface area contributed by atoms with Crippen molar-refractivity contribution in [3.05, 3.63) is 33.9 Å². The Balaban J connectivity index is 2.19. The Morgan fingerprint density at radius 1 is 1.38 bits per heavy atom. The first-order valence-electron chi connectivity index (χ1n) is 7.38. The number of hydrogen-bond acceptors (Lipinski definition) is 5. The molecule has 2 N–H and O–H groups in total. The number of ether oxygens (including phenoxy) is 1. The number of nitrogens with one attached hydrogen (secondary N) is 1. The third kappa shape index (κ3) is 4.15. The summed E-state index contributed by atoms with van der Waals surface area (Å²) in [6.07, 6.45) is 3.54. The fraction of sp³-hybridized carbons (Fsp3) is 0.600. The second-order valence-corrected chi connectivity index (χ2v) is 5.45. The zero-order valence-corrected chi connectivity index (χ0v) is 12.2. The summed E-state index contributed by atoms with van der Waals surface area (Å²) in [7, 11) is 1.79. The summed E-state index contributed by atoms with van der Waals surface area (Å²) in [5.41, 5.74) is 0.789. The summed E-state index contributed by atoms with van der Waals surface area (Å²) in [5.74, 6) is 0.241. The van der Waals surface area contributed by atoms with E-state index < -0.39 is 11.0 Å². The van der Waals surface area contributed by atoms with Gasteiger partial charge in [0.2, 0.25) is 0 Å². The molecule has 0 bridgehead atoms. The predicted molar refractivity (Wildman–Crippen MR) is 79.4 cm³/mol. The summed E-state index contributed by atoms with van der Waals surface area (Å²) in [6.45, 7) is 0.563. The van der Waals surface area contributed by atoms with Crippen LogP contribution in [0.15, 0.2) is 18.2 Å². The molecule has 2 unspecified atom stereocenters. The maximum atomic E-state index is 11.2. The molecular formula is C15H22N2O4. The van der Waals surface area contributed by atoms with Crippen molar-refractivity contribution in [1.29, 1.82) is 0 Å². The van der Waals surface area contributed by atoms with Crippen LogP contribution < -0.4 is 10.1 Å². The molecule has 116 valence electrons. The highest BCUT2D eigenvalue weighted by atomic mass is 16.6. The van der Waals surface area contributed by atoms with Gasteiger partial charge in [-0.05, 0) is 37.9 Å². The standard InChI is InChI=1S/C15H22N2O4/c1-16-10-11-7-8-14(12(9-11)17(19)20)21-15-6-4-2-3-5-13(15)18/h7-9,13,15-16,18H,2-6,10H2,1H3. The highest BCUT2D eigenvalue weighted by molar-refractivity contribution is 5.48. The Labute approximate surface area is 124 Å². The number of aliphatic hydroxyl groups excluding tert-OH is 1. The van der Waals surface area contributed by atoms with Crippen LogP contribution in [0.5, 0.6) is 5.75 Å². The first-order valence-corrected chi connectivity index (χ1v) is 7.38. The minimum atomic E-state index is -0.552. The third-order valence-corrected chi connectivity index (χ3v) is 3.80. The van der Waals surface area contributed by atoms with Crippen molar-refractivity contribution >= 4 is 5.69 Å². The molecule has 1 fully saturated rings. The van der Waals surface area contributed by atoms with Crippen molar-refractivity contribution in [2.24, 2.45) is 0 Å². The van der Waals surface area contributed by atoms with Gasteiger partial charge in [0.15, 0.2) is 5.75 Å². The van der Waals surface area contributed by atoms with Gasteiger partial charge in [0.25, 0.3) is 0 Å². The van der Waals surface area contributed by atoms with Gasteiger partial charge in [0.05, 0.1) is 11.0 Å². The van der Waals surface area contributed by atoms with Gasteiger partial charge in [-0.2, -0.15) is 0 Å². The Morgan fingerprint density at radius 2 is 2.14 bits per heavy atom. The van der Waals surface area contributed by atoms with Crippen LogP contribution in [-0.2, 0) is 6.54 Å². The number of rotatable bonds is 5. The fourth-order valence-electron chi connectivity index (χ4n) is 2.67. The lowest BCUT2D eigenvalue weighted by atomic mass is 10.1. The second-order valence-electron chi connectivity index (χ2n) is 5.45. The molecule has 0 amide bonds. The number of nitro benzene ring substituents is 1. The van der Waals surface area contributed by atoms with Gasteiger partial charge in [-0.15, -0.1) is 0 Å². The lowest BCUT2D eigenvalue weighted by Gasteiger charge is -2.22. The van der Waals surface area contributed by atoms with Gasteiger partial charge in [-0.1, -0.05) is 18.9 Å². The molecule has 1 aliphatic carbocycles. The van der Waals surface area contributed by atoms with E-state index in [4.69, 9.17) is 4.74 Å². The molecule has 1 aliphatic rings. The van der Waals surface area contributed by atoms with Crippen LogP contribution >= 0.6 is 0 Å².